The van der Waals surface area contributed by atoms with Gasteiger partial charge in [-0.25, -0.2) is 4.98 Å². The van der Waals surface area contributed by atoms with Crippen molar-refractivity contribution >= 4 is 28.5 Å². The molecule has 0 amide bonds. The molecule has 0 aliphatic carbocycles. The first-order chi connectivity index (χ1) is 19.0. The molecule has 5 N–H and O–H groups in total. The highest BCUT2D eigenvalue weighted by Gasteiger charge is 2.22. The van der Waals surface area contributed by atoms with Gasteiger partial charge in [0, 0.05) is 0 Å². The lowest BCUT2D eigenvalue weighted by molar-refractivity contribution is 0.226. The molecule has 0 radical (unpaired) electrons. The standard InChI is InChI=1S/C29H33N9O/c1-19(33-26-22(18-30)25(31)35-29(32)36-26)27-34-23-14-8-10-20(11-9-17-37-15-6-3-7-16-37)24(23)28(39)38(27)21-12-4-2-5-13-21/h2,4-5,8,10,12-14,19H,3,6-7,9,11,15-17H2,1H3,(H5,31,32,33,35,36)/t19-/m0/s1. The first kappa shape index (κ1) is 26.1. The molecule has 10 nitrogen and oxygen atoms in total. The number of hydrogen-bond donors (Lipinski definition) is 3. The monoisotopic (exact) mass is 523 g/mol. The predicted octanol–water partition coefficient (Wildman–Crippen LogP) is 3.80. The molecule has 0 saturated carbocycles. The number of piperidine rings is 1. The minimum absolute atomic E-state index is 0.0131. The molecule has 0 spiro atoms. The average molecular weight is 524 g/mol. The largest absolute Gasteiger partial charge is 0.382 e. The number of nitriles is 1. The van der Waals surface area contributed by atoms with Crippen LogP contribution in [0.1, 0.15) is 55.6 Å². The van der Waals surface area contributed by atoms with Crippen molar-refractivity contribution in [1.82, 2.24) is 24.4 Å². The molecule has 200 valence electrons. The van der Waals surface area contributed by atoms with Crippen molar-refractivity contribution in [2.24, 2.45) is 0 Å². The van der Waals surface area contributed by atoms with E-state index in [1.807, 2.05) is 61.5 Å². The number of nitrogens with two attached hydrogens (primary N) is 2. The molecule has 39 heavy (non-hydrogen) atoms. The highest BCUT2D eigenvalue weighted by atomic mass is 16.1. The third kappa shape index (κ3) is 5.54. The zero-order chi connectivity index (χ0) is 27.4. The van der Waals surface area contributed by atoms with E-state index in [1.54, 1.807) is 4.57 Å². The summed E-state index contributed by atoms with van der Waals surface area (Å²) in [4.78, 5) is 29.7. The predicted molar refractivity (Wildman–Crippen MR) is 154 cm³/mol. The summed E-state index contributed by atoms with van der Waals surface area (Å²) in [7, 11) is 0. The Balaban J connectivity index is 1.56. The highest BCUT2D eigenvalue weighted by Crippen LogP contribution is 2.26. The molecule has 1 atom stereocenters. The summed E-state index contributed by atoms with van der Waals surface area (Å²) in [6, 6.07) is 16.8. The van der Waals surface area contributed by atoms with Gasteiger partial charge in [-0.1, -0.05) is 36.8 Å². The van der Waals surface area contributed by atoms with Gasteiger partial charge in [0.2, 0.25) is 5.95 Å². The van der Waals surface area contributed by atoms with E-state index in [0.717, 1.165) is 38.0 Å². The second-order valence-corrected chi connectivity index (χ2v) is 9.93. The normalized spacial score (nSPS) is 14.7. The van der Waals surface area contributed by atoms with Gasteiger partial charge in [-0.05, 0) is 76.0 Å². The summed E-state index contributed by atoms with van der Waals surface area (Å²) in [5.74, 6) is 0.599. The average Bonchev–Trinajstić information content (AvgIpc) is 2.94. The number of nitrogen functional groups attached to an aromatic ring is 2. The van der Waals surface area contributed by atoms with E-state index >= 15 is 0 Å². The Labute approximate surface area is 227 Å². The van der Waals surface area contributed by atoms with E-state index in [1.165, 1.54) is 19.3 Å². The SMILES string of the molecule is C[C@H](Nc1nc(N)nc(N)c1C#N)c1nc2cccc(CCCN3CCCCC3)c2c(=O)n1-c1ccccc1. The summed E-state index contributed by atoms with van der Waals surface area (Å²) in [6.45, 7) is 5.19. The van der Waals surface area contributed by atoms with Crippen molar-refractivity contribution in [3.63, 3.8) is 0 Å². The third-order valence-corrected chi connectivity index (χ3v) is 7.20. The van der Waals surface area contributed by atoms with Gasteiger partial charge in [0.15, 0.2) is 5.82 Å². The smallest absolute Gasteiger partial charge is 0.266 e. The van der Waals surface area contributed by atoms with Gasteiger partial charge in [0.1, 0.15) is 23.3 Å². The van der Waals surface area contributed by atoms with Crippen LogP contribution < -0.4 is 22.3 Å². The Bertz CT molecular complexity index is 1570. The zero-order valence-corrected chi connectivity index (χ0v) is 22.1. The van der Waals surface area contributed by atoms with Crippen molar-refractivity contribution in [3.8, 4) is 11.8 Å². The topological polar surface area (TPSA) is 152 Å². The maximum absolute atomic E-state index is 14.2. The van der Waals surface area contributed by atoms with Crippen LogP contribution in [0.5, 0.6) is 0 Å². The van der Waals surface area contributed by atoms with Crippen molar-refractivity contribution in [1.29, 1.82) is 5.26 Å². The number of rotatable bonds is 8. The van der Waals surface area contributed by atoms with Crippen LogP contribution in [0.2, 0.25) is 0 Å². The Kier molecular flexibility index (Phi) is 7.70. The molecule has 0 bridgehead atoms. The number of anilines is 3. The van der Waals surface area contributed by atoms with Crippen LogP contribution in [-0.2, 0) is 6.42 Å². The number of fused-ring (bicyclic) bond motifs is 1. The van der Waals surface area contributed by atoms with E-state index in [0.29, 0.717) is 22.4 Å². The molecule has 1 aliphatic heterocycles. The van der Waals surface area contributed by atoms with Crippen molar-refractivity contribution < 1.29 is 0 Å². The van der Waals surface area contributed by atoms with E-state index in [-0.39, 0.29) is 28.7 Å². The van der Waals surface area contributed by atoms with Gasteiger partial charge >= 0.3 is 0 Å². The molecule has 1 saturated heterocycles. The highest BCUT2D eigenvalue weighted by molar-refractivity contribution is 5.82. The molecular formula is C29H33N9O. The van der Waals surface area contributed by atoms with Crippen LogP contribution in [0.25, 0.3) is 16.6 Å². The molecule has 2 aromatic heterocycles. The fourth-order valence-electron chi connectivity index (χ4n) is 5.30. The van der Waals surface area contributed by atoms with Crippen molar-refractivity contribution in [2.75, 3.05) is 36.4 Å². The number of aromatic nitrogens is 4. The summed E-state index contributed by atoms with van der Waals surface area (Å²) in [6.07, 6.45) is 5.63. The van der Waals surface area contributed by atoms with Crippen molar-refractivity contribution in [2.45, 2.75) is 45.1 Å². The number of nitrogens with one attached hydrogen (secondary N) is 1. The number of para-hydroxylation sites is 1. The lowest BCUT2D eigenvalue weighted by Gasteiger charge is -2.26. The molecule has 4 aromatic rings. The summed E-state index contributed by atoms with van der Waals surface area (Å²) >= 11 is 0. The second-order valence-electron chi connectivity index (χ2n) is 9.93. The summed E-state index contributed by atoms with van der Waals surface area (Å²) < 4.78 is 1.63. The van der Waals surface area contributed by atoms with Gasteiger partial charge in [0.05, 0.1) is 22.6 Å². The van der Waals surface area contributed by atoms with Gasteiger partial charge in [0.25, 0.3) is 5.56 Å². The molecule has 5 rings (SSSR count). The lowest BCUT2D eigenvalue weighted by Crippen LogP contribution is -2.31. The van der Waals surface area contributed by atoms with E-state index < -0.39 is 6.04 Å². The van der Waals surface area contributed by atoms with Gasteiger partial charge in [-0.2, -0.15) is 15.2 Å². The van der Waals surface area contributed by atoms with Crippen LogP contribution in [0.4, 0.5) is 17.6 Å². The van der Waals surface area contributed by atoms with Gasteiger partial charge < -0.3 is 21.7 Å². The van der Waals surface area contributed by atoms with Crippen LogP contribution in [0.15, 0.2) is 53.3 Å². The van der Waals surface area contributed by atoms with Crippen molar-refractivity contribution in [3.05, 3.63) is 75.8 Å². The Hall–Kier alpha value is -4.49. The fraction of sp³-hybridized carbons (Fsp3) is 0.345. The number of benzene rings is 2. The van der Waals surface area contributed by atoms with Gasteiger partial charge in [-0.3, -0.25) is 9.36 Å². The van der Waals surface area contributed by atoms with Crippen LogP contribution >= 0.6 is 0 Å². The number of hydrogen-bond acceptors (Lipinski definition) is 9. The summed E-state index contributed by atoms with van der Waals surface area (Å²) in [5.41, 5.74) is 14.0. The molecule has 2 aromatic carbocycles. The molecular weight excluding hydrogens is 490 g/mol. The van der Waals surface area contributed by atoms with Crippen LogP contribution in [0.3, 0.4) is 0 Å². The third-order valence-electron chi connectivity index (χ3n) is 7.20. The molecule has 10 heteroatoms. The first-order valence-electron chi connectivity index (χ1n) is 13.4. The minimum Gasteiger partial charge on any atom is -0.382 e. The Morgan fingerprint density at radius 1 is 1.03 bits per heavy atom. The second kappa shape index (κ2) is 11.5. The molecule has 1 fully saturated rings. The maximum Gasteiger partial charge on any atom is 0.266 e. The quantitative estimate of drug-likeness (QED) is 0.313. The zero-order valence-electron chi connectivity index (χ0n) is 22.1. The molecule has 0 unspecified atom stereocenters. The van der Waals surface area contributed by atoms with Gasteiger partial charge in [-0.15, -0.1) is 0 Å². The number of nitrogens with zero attached hydrogens (tertiary/aromatic N) is 6. The Morgan fingerprint density at radius 3 is 2.54 bits per heavy atom. The summed E-state index contributed by atoms with van der Waals surface area (Å²) in [5, 5.41) is 13.4. The Morgan fingerprint density at radius 2 is 1.79 bits per heavy atom. The maximum atomic E-state index is 14.2. The van der Waals surface area contributed by atoms with E-state index in [9.17, 15) is 10.1 Å². The molecule has 3 heterocycles. The van der Waals surface area contributed by atoms with E-state index in [2.05, 4.69) is 20.2 Å². The number of likely N-dealkylation sites (tertiary alicyclic amines) is 1. The minimum atomic E-state index is -0.522. The van der Waals surface area contributed by atoms with Crippen LogP contribution in [0, 0.1) is 11.3 Å². The first-order valence-corrected chi connectivity index (χ1v) is 13.4. The number of aryl methyl sites for hydroxylation is 1. The van der Waals surface area contributed by atoms with Crippen LogP contribution in [-0.4, -0.2) is 44.1 Å². The van der Waals surface area contributed by atoms with E-state index in [4.69, 9.17) is 16.5 Å². The fourth-order valence-corrected chi connectivity index (χ4v) is 5.30. The lowest BCUT2D eigenvalue weighted by atomic mass is 10.0. The molecule has 1 aliphatic rings.